The lowest BCUT2D eigenvalue weighted by molar-refractivity contribution is 0.0896. The molecule has 2 aromatic carbocycles. The van der Waals surface area contributed by atoms with Crippen molar-refractivity contribution in [3.05, 3.63) is 64.9 Å². The van der Waals surface area contributed by atoms with Gasteiger partial charge in [0.1, 0.15) is 5.75 Å². The van der Waals surface area contributed by atoms with Crippen LogP contribution < -0.4 is 10.1 Å². The second-order valence-electron chi connectivity index (χ2n) is 7.38. The minimum Gasteiger partial charge on any atom is -0.497 e. The van der Waals surface area contributed by atoms with Gasteiger partial charge in [-0.1, -0.05) is 18.2 Å². The van der Waals surface area contributed by atoms with Crippen molar-refractivity contribution in [1.29, 1.82) is 0 Å². The number of amides is 1. The number of aromatic nitrogens is 3. The highest BCUT2D eigenvalue weighted by atomic mass is 32.1. The summed E-state index contributed by atoms with van der Waals surface area (Å²) < 4.78 is 7.62. The molecule has 3 aromatic rings. The van der Waals surface area contributed by atoms with Crippen molar-refractivity contribution in [2.24, 2.45) is 0 Å². The fraction of sp³-hybridized carbons (Fsp3) is 0.318. The van der Waals surface area contributed by atoms with Gasteiger partial charge in [0.05, 0.1) is 13.8 Å². The van der Waals surface area contributed by atoms with E-state index in [1.807, 2.05) is 59.3 Å². The summed E-state index contributed by atoms with van der Waals surface area (Å²) in [7, 11) is 1.65. The van der Waals surface area contributed by atoms with E-state index in [0.717, 1.165) is 43.1 Å². The number of H-pyrrole nitrogens is 1. The highest BCUT2D eigenvalue weighted by Gasteiger charge is 2.21. The van der Waals surface area contributed by atoms with Gasteiger partial charge in [0.2, 0.25) is 4.77 Å². The zero-order chi connectivity index (χ0) is 20.9. The van der Waals surface area contributed by atoms with Crippen molar-refractivity contribution >= 4 is 18.1 Å². The number of benzene rings is 2. The lowest BCUT2D eigenvalue weighted by atomic mass is 10.0. The van der Waals surface area contributed by atoms with Crippen LogP contribution in [0.1, 0.15) is 23.2 Å². The van der Waals surface area contributed by atoms with Crippen LogP contribution in [0.3, 0.4) is 0 Å². The van der Waals surface area contributed by atoms with Gasteiger partial charge in [-0.25, -0.2) is 4.68 Å². The lowest BCUT2D eigenvalue weighted by Crippen LogP contribution is -2.45. The molecule has 1 saturated heterocycles. The Morgan fingerprint density at radius 2 is 1.87 bits per heavy atom. The topological polar surface area (TPSA) is 75.2 Å². The van der Waals surface area contributed by atoms with E-state index in [9.17, 15) is 4.79 Å². The summed E-state index contributed by atoms with van der Waals surface area (Å²) in [5.74, 6) is 1.54. The molecule has 1 fully saturated rings. The first-order valence-electron chi connectivity index (χ1n) is 10.0. The molecule has 30 heavy (non-hydrogen) atoms. The van der Waals surface area contributed by atoms with Crippen LogP contribution in [0.5, 0.6) is 5.75 Å². The van der Waals surface area contributed by atoms with Crippen molar-refractivity contribution in [3.8, 4) is 17.1 Å². The molecular weight excluding hydrogens is 398 g/mol. The molecule has 0 aliphatic carbocycles. The Labute approximate surface area is 180 Å². The lowest BCUT2D eigenvalue weighted by Gasteiger charge is -2.32. The van der Waals surface area contributed by atoms with Gasteiger partial charge in [-0.2, -0.15) is 4.98 Å². The van der Waals surface area contributed by atoms with E-state index in [-0.39, 0.29) is 11.9 Å². The van der Waals surface area contributed by atoms with Crippen molar-refractivity contribution < 1.29 is 9.53 Å². The molecule has 156 valence electrons. The van der Waals surface area contributed by atoms with Gasteiger partial charge in [0.15, 0.2) is 5.82 Å². The molecule has 4 rings (SSSR count). The van der Waals surface area contributed by atoms with Crippen LogP contribution in [0.25, 0.3) is 11.4 Å². The quantitative estimate of drug-likeness (QED) is 0.594. The van der Waals surface area contributed by atoms with Gasteiger partial charge in [-0.05, 0) is 61.5 Å². The zero-order valence-corrected chi connectivity index (χ0v) is 17.7. The number of rotatable bonds is 6. The van der Waals surface area contributed by atoms with E-state index in [4.69, 9.17) is 17.0 Å². The molecular formula is C22H25N5O2S. The van der Waals surface area contributed by atoms with E-state index < -0.39 is 0 Å². The first-order valence-corrected chi connectivity index (χ1v) is 10.4. The average molecular weight is 424 g/mol. The van der Waals surface area contributed by atoms with Crippen molar-refractivity contribution in [2.75, 3.05) is 20.2 Å². The minimum absolute atomic E-state index is 0.00558. The standard InChI is InChI=1S/C22H25N5O2S/c1-29-19-9-7-16(8-10-19)20-24-22(30)27(25-20)15-26-13-11-18(12-14-26)23-21(28)17-5-3-2-4-6-17/h2-10,18H,11-15H2,1H3,(H,23,28)(H,24,25,30). The van der Waals surface area contributed by atoms with Crippen LogP contribution in [0, 0.1) is 4.77 Å². The molecule has 2 N–H and O–H groups in total. The molecule has 0 bridgehead atoms. The highest BCUT2D eigenvalue weighted by molar-refractivity contribution is 7.71. The Balaban J connectivity index is 1.32. The van der Waals surface area contributed by atoms with Gasteiger partial charge in [0, 0.05) is 30.3 Å². The van der Waals surface area contributed by atoms with Crippen molar-refractivity contribution in [1.82, 2.24) is 25.0 Å². The van der Waals surface area contributed by atoms with Crippen LogP contribution in [-0.4, -0.2) is 51.8 Å². The number of hydrogen-bond acceptors (Lipinski definition) is 5. The van der Waals surface area contributed by atoms with Crippen LogP contribution in [0.15, 0.2) is 54.6 Å². The summed E-state index contributed by atoms with van der Waals surface area (Å²) in [5, 5.41) is 6.44. The molecule has 2 heterocycles. The number of likely N-dealkylation sites (tertiary alicyclic amines) is 1. The molecule has 0 unspecified atom stereocenters. The van der Waals surface area contributed by atoms with Crippen LogP contribution in [0.2, 0.25) is 0 Å². The van der Waals surface area contributed by atoms with Gasteiger partial charge >= 0.3 is 0 Å². The third-order valence-corrected chi connectivity index (χ3v) is 5.65. The average Bonchev–Trinajstić information content (AvgIpc) is 3.16. The number of ether oxygens (including phenoxy) is 1. The Morgan fingerprint density at radius 3 is 2.53 bits per heavy atom. The zero-order valence-electron chi connectivity index (χ0n) is 16.9. The summed E-state index contributed by atoms with van der Waals surface area (Å²) >= 11 is 5.44. The summed E-state index contributed by atoms with van der Waals surface area (Å²) in [4.78, 5) is 19.1. The number of aromatic amines is 1. The monoisotopic (exact) mass is 423 g/mol. The first-order chi connectivity index (χ1) is 14.6. The maximum atomic E-state index is 12.3. The Hall–Kier alpha value is -2.97. The third kappa shape index (κ3) is 4.77. The Morgan fingerprint density at radius 1 is 1.17 bits per heavy atom. The fourth-order valence-corrected chi connectivity index (χ4v) is 3.80. The normalized spacial score (nSPS) is 15.1. The Bertz CT molecular complexity index is 1040. The predicted octanol–water partition coefficient (Wildman–Crippen LogP) is 3.47. The van der Waals surface area contributed by atoms with Gasteiger partial charge in [0.25, 0.3) is 5.91 Å². The molecule has 0 spiro atoms. The maximum absolute atomic E-state index is 12.3. The van der Waals surface area contributed by atoms with Gasteiger partial charge in [-0.15, -0.1) is 0 Å². The van der Waals surface area contributed by atoms with E-state index in [1.54, 1.807) is 7.11 Å². The van der Waals surface area contributed by atoms with Gasteiger partial charge < -0.3 is 10.1 Å². The van der Waals surface area contributed by atoms with E-state index >= 15 is 0 Å². The van der Waals surface area contributed by atoms with E-state index in [0.29, 0.717) is 17.0 Å². The Kier molecular flexibility index (Phi) is 6.25. The molecule has 0 atom stereocenters. The molecule has 1 amide bonds. The SMILES string of the molecule is COc1ccc(-c2nc(=S)n(CN3CCC(NC(=O)c4ccccc4)CC3)[nH]2)cc1. The largest absolute Gasteiger partial charge is 0.497 e. The van der Waals surface area contributed by atoms with Crippen LogP contribution >= 0.6 is 12.2 Å². The molecule has 1 aliphatic rings. The smallest absolute Gasteiger partial charge is 0.251 e. The molecule has 0 saturated carbocycles. The molecule has 0 radical (unpaired) electrons. The first kappa shape index (κ1) is 20.3. The van der Waals surface area contributed by atoms with E-state index in [1.165, 1.54) is 0 Å². The number of nitrogens with one attached hydrogen (secondary N) is 2. The molecule has 8 heteroatoms. The van der Waals surface area contributed by atoms with E-state index in [2.05, 4.69) is 20.3 Å². The number of piperidine rings is 1. The molecule has 1 aliphatic heterocycles. The molecule has 1 aromatic heterocycles. The maximum Gasteiger partial charge on any atom is 0.251 e. The number of hydrogen-bond donors (Lipinski definition) is 2. The van der Waals surface area contributed by atoms with Crippen molar-refractivity contribution in [2.45, 2.75) is 25.6 Å². The predicted molar refractivity (Wildman–Crippen MR) is 118 cm³/mol. The minimum atomic E-state index is -0.00558. The fourth-order valence-electron chi connectivity index (χ4n) is 3.61. The second kappa shape index (κ2) is 9.23. The molecule has 7 nitrogen and oxygen atoms in total. The number of carbonyl (C=O) groups excluding carboxylic acids is 1. The highest BCUT2D eigenvalue weighted by Crippen LogP contribution is 2.19. The summed E-state index contributed by atoms with van der Waals surface area (Å²) in [6.45, 7) is 2.43. The van der Waals surface area contributed by atoms with Crippen LogP contribution in [-0.2, 0) is 6.67 Å². The van der Waals surface area contributed by atoms with Crippen molar-refractivity contribution in [3.63, 3.8) is 0 Å². The number of nitrogens with zero attached hydrogens (tertiary/aromatic N) is 3. The second-order valence-corrected chi connectivity index (χ2v) is 7.75. The number of methoxy groups -OCH3 is 1. The van der Waals surface area contributed by atoms with Gasteiger partial charge in [-0.3, -0.25) is 14.8 Å². The summed E-state index contributed by atoms with van der Waals surface area (Å²) in [6, 6.07) is 17.3. The van der Waals surface area contributed by atoms with Crippen LogP contribution in [0.4, 0.5) is 0 Å². The third-order valence-electron chi connectivity index (χ3n) is 5.34. The number of carbonyl (C=O) groups is 1. The summed E-state index contributed by atoms with van der Waals surface area (Å²) in [5.41, 5.74) is 1.66. The summed E-state index contributed by atoms with van der Waals surface area (Å²) in [6.07, 6.45) is 1.82.